The molecule has 1 N–H and O–H groups in total. The van der Waals surface area contributed by atoms with Gasteiger partial charge in [0.25, 0.3) is 0 Å². The number of aryl methyl sites for hydroxylation is 1. The van der Waals surface area contributed by atoms with Gasteiger partial charge in [-0.1, -0.05) is 13.8 Å². The molecule has 1 aliphatic rings. The summed E-state index contributed by atoms with van der Waals surface area (Å²) < 4.78 is 0. The number of H-pyrrole nitrogens is 1. The number of aromatic amines is 1. The highest BCUT2D eigenvalue weighted by molar-refractivity contribution is 5.38. The van der Waals surface area contributed by atoms with E-state index in [9.17, 15) is 0 Å². The molecule has 0 radical (unpaired) electrons. The van der Waals surface area contributed by atoms with Crippen molar-refractivity contribution < 1.29 is 0 Å². The summed E-state index contributed by atoms with van der Waals surface area (Å²) in [5.74, 6) is 3.69. The maximum absolute atomic E-state index is 4.45. The van der Waals surface area contributed by atoms with E-state index in [1.165, 1.54) is 0 Å². The van der Waals surface area contributed by atoms with Crippen LogP contribution >= 0.6 is 0 Å². The van der Waals surface area contributed by atoms with Crippen molar-refractivity contribution in [2.75, 3.05) is 18.0 Å². The van der Waals surface area contributed by atoms with Crippen LogP contribution in [0.4, 0.5) is 5.82 Å². The Morgan fingerprint density at radius 3 is 2.48 bits per heavy atom. The van der Waals surface area contributed by atoms with Crippen LogP contribution < -0.4 is 4.90 Å². The first-order valence-corrected chi connectivity index (χ1v) is 7.61. The van der Waals surface area contributed by atoms with Crippen LogP contribution in [0.2, 0.25) is 0 Å². The molecule has 6 heteroatoms. The third-order valence-electron chi connectivity index (χ3n) is 4.06. The molecule has 1 saturated heterocycles. The van der Waals surface area contributed by atoms with Crippen molar-refractivity contribution in [3.05, 3.63) is 29.5 Å². The van der Waals surface area contributed by atoms with Gasteiger partial charge in [0.1, 0.15) is 5.82 Å². The molecule has 0 unspecified atom stereocenters. The van der Waals surface area contributed by atoms with Crippen molar-refractivity contribution >= 4 is 5.82 Å². The molecular formula is C15H22N6. The Morgan fingerprint density at radius 1 is 1.19 bits per heavy atom. The van der Waals surface area contributed by atoms with Crippen LogP contribution in [0.5, 0.6) is 0 Å². The van der Waals surface area contributed by atoms with E-state index in [0.717, 1.165) is 49.1 Å². The first-order valence-electron chi connectivity index (χ1n) is 7.61. The molecule has 2 aromatic heterocycles. The van der Waals surface area contributed by atoms with Crippen molar-refractivity contribution in [2.45, 2.75) is 45.4 Å². The van der Waals surface area contributed by atoms with Crippen molar-refractivity contribution in [3.63, 3.8) is 0 Å². The van der Waals surface area contributed by atoms with Crippen molar-refractivity contribution in [1.82, 2.24) is 25.4 Å². The van der Waals surface area contributed by atoms with Gasteiger partial charge in [-0.3, -0.25) is 5.10 Å². The Hall–Kier alpha value is -1.98. The smallest absolute Gasteiger partial charge is 0.153 e. The molecule has 0 atom stereocenters. The molecule has 0 aromatic carbocycles. The minimum Gasteiger partial charge on any atom is -0.355 e. The third kappa shape index (κ3) is 3.04. The van der Waals surface area contributed by atoms with E-state index >= 15 is 0 Å². The average molecular weight is 286 g/mol. The molecule has 0 spiro atoms. The van der Waals surface area contributed by atoms with Crippen molar-refractivity contribution in [3.8, 4) is 0 Å². The molecule has 112 valence electrons. The summed E-state index contributed by atoms with van der Waals surface area (Å²) in [6, 6.07) is 4.16. The second kappa shape index (κ2) is 5.79. The Kier molecular flexibility index (Phi) is 3.86. The fourth-order valence-electron chi connectivity index (χ4n) is 2.72. The summed E-state index contributed by atoms with van der Waals surface area (Å²) >= 11 is 0. The number of nitrogens with one attached hydrogen (secondary N) is 1. The van der Waals surface area contributed by atoms with E-state index in [2.05, 4.69) is 56.3 Å². The van der Waals surface area contributed by atoms with Gasteiger partial charge in [0.05, 0.1) is 5.69 Å². The minimum absolute atomic E-state index is 0.422. The summed E-state index contributed by atoms with van der Waals surface area (Å²) in [7, 11) is 0. The van der Waals surface area contributed by atoms with Crippen molar-refractivity contribution in [2.24, 2.45) is 0 Å². The maximum Gasteiger partial charge on any atom is 0.153 e. The topological polar surface area (TPSA) is 70.6 Å². The summed E-state index contributed by atoms with van der Waals surface area (Å²) in [4.78, 5) is 6.75. The second-order valence-electron chi connectivity index (χ2n) is 6.01. The molecule has 1 aliphatic heterocycles. The van der Waals surface area contributed by atoms with Gasteiger partial charge in [-0.05, 0) is 37.8 Å². The van der Waals surface area contributed by atoms with Crippen LogP contribution in [0.25, 0.3) is 0 Å². The van der Waals surface area contributed by atoms with Crippen LogP contribution in [-0.4, -0.2) is 38.5 Å². The summed E-state index contributed by atoms with van der Waals surface area (Å²) in [5, 5.41) is 15.9. The lowest BCUT2D eigenvalue weighted by Crippen LogP contribution is -2.34. The van der Waals surface area contributed by atoms with Gasteiger partial charge in [0, 0.05) is 19.0 Å². The number of hydrogen-bond donors (Lipinski definition) is 1. The predicted octanol–water partition coefficient (Wildman–Crippen LogP) is 2.41. The van der Waals surface area contributed by atoms with E-state index in [-0.39, 0.29) is 0 Å². The van der Waals surface area contributed by atoms with Gasteiger partial charge in [-0.2, -0.15) is 10.2 Å². The quantitative estimate of drug-likeness (QED) is 0.938. The first kappa shape index (κ1) is 14.0. The first-order chi connectivity index (χ1) is 10.1. The van der Waals surface area contributed by atoms with Gasteiger partial charge >= 0.3 is 0 Å². The Balaban J connectivity index is 1.62. The van der Waals surface area contributed by atoms with Gasteiger partial charge in [-0.25, -0.2) is 4.98 Å². The van der Waals surface area contributed by atoms with E-state index in [1.807, 2.05) is 6.92 Å². The van der Waals surface area contributed by atoms with Crippen LogP contribution in [0.15, 0.2) is 12.1 Å². The molecule has 0 bridgehead atoms. The minimum atomic E-state index is 0.422. The highest BCUT2D eigenvalue weighted by Crippen LogP contribution is 2.27. The summed E-state index contributed by atoms with van der Waals surface area (Å²) in [5.41, 5.74) is 1.05. The number of hydrogen-bond acceptors (Lipinski definition) is 5. The van der Waals surface area contributed by atoms with Gasteiger partial charge in [0.15, 0.2) is 11.6 Å². The normalized spacial score (nSPS) is 16.7. The molecule has 1 fully saturated rings. The molecule has 6 nitrogen and oxygen atoms in total. The highest BCUT2D eigenvalue weighted by atomic mass is 15.3. The lowest BCUT2D eigenvalue weighted by atomic mass is 9.96. The zero-order chi connectivity index (χ0) is 14.8. The van der Waals surface area contributed by atoms with Crippen molar-refractivity contribution in [1.29, 1.82) is 0 Å². The monoisotopic (exact) mass is 286 g/mol. The molecule has 0 aliphatic carbocycles. The maximum atomic E-state index is 4.45. The number of nitrogens with zero attached hydrogens (tertiary/aromatic N) is 5. The Morgan fingerprint density at radius 2 is 1.95 bits per heavy atom. The number of aromatic nitrogens is 5. The highest BCUT2D eigenvalue weighted by Gasteiger charge is 2.24. The predicted molar refractivity (Wildman–Crippen MR) is 81.4 cm³/mol. The summed E-state index contributed by atoms with van der Waals surface area (Å²) in [6.45, 7) is 8.17. The fraction of sp³-hybridized carbons (Fsp3) is 0.600. The average Bonchev–Trinajstić information content (AvgIpc) is 2.94. The van der Waals surface area contributed by atoms with E-state index < -0.39 is 0 Å². The molecule has 3 rings (SSSR count). The van der Waals surface area contributed by atoms with Gasteiger partial charge in [-0.15, -0.1) is 5.10 Å². The SMILES string of the molecule is Cc1nc(C2CCN(c3ccc(C(C)C)nn3)CC2)n[nH]1. The zero-order valence-corrected chi connectivity index (χ0v) is 12.9. The molecule has 0 amide bonds. The number of anilines is 1. The van der Waals surface area contributed by atoms with E-state index in [4.69, 9.17) is 0 Å². The van der Waals surface area contributed by atoms with E-state index in [1.54, 1.807) is 0 Å². The largest absolute Gasteiger partial charge is 0.355 e. The fourth-order valence-corrected chi connectivity index (χ4v) is 2.72. The van der Waals surface area contributed by atoms with Gasteiger partial charge in [0.2, 0.25) is 0 Å². The second-order valence-corrected chi connectivity index (χ2v) is 6.01. The van der Waals surface area contributed by atoms with E-state index in [0.29, 0.717) is 11.8 Å². The van der Waals surface area contributed by atoms with Gasteiger partial charge < -0.3 is 4.90 Å². The molecule has 3 heterocycles. The lowest BCUT2D eigenvalue weighted by Gasteiger charge is -2.31. The number of piperidine rings is 1. The van der Waals surface area contributed by atoms with Crippen LogP contribution in [0.1, 0.15) is 55.9 Å². The Labute approximate surface area is 125 Å². The molecule has 2 aromatic rings. The third-order valence-corrected chi connectivity index (χ3v) is 4.06. The summed E-state index contributed by atoms with van der Waals surface area (Å²) in [6.07, 6.45) is 2.12. The Bertz CT molecular complexity index is 580. The zero-order valence-electron chi connectivity index (χ0n) is 12.9. The number of rotatable bonds is 3. The van der Waals surface area contributed by atoms with Crippen LogP contribution in [0.3, 0.4) is 0 Å². The lowest BCUT2D eigenvalue weighted by molar-refractivity contribution is 0.483. The van der Waals surface area contributed by atoms with Crippen LogP contribution in [0, 0.1) is 6.92 Å². The molecular weight excluding hydrogens is 264 g/mol. The van der Waals surface area contributed by atoms with Crippen LogP contribution in [-0.2, 0) is 0 Å². The molecule has 0 saturated carbocycles. The molecule has 21 heavy (non-hydrogen) atoms. The standard InChI is InChI=1S/C15H22N6/c1-10(2)13-4-5-14(19-18-13)21-8-6-12(7-9-21)15-16-11(3)17-20-15/h4-5,10,12H,6-9H2,1-3H3,(H,16,17,20).